The lowest BCUT2D eigenvalue weighted by atomic mass is 10.3. The third-order valence-corrected chi connectivity index (χ3v) is 2.37. The van der Waals surface area contributed by atoms with Gasteiger partial charge in [-0.1, -0.05) is 29.8 Å². The Morgan fingerprint density at radius 2 is 2.00 bits per heavy atom. The van der Waals surface area contributed by atoms with E-state index < -0.39 is 0 Å². The van der Waals surface area contributed by atoms with Gasteiger partial charge >= 0.3 is 0 Å². The maximum Gasteiger partial charge on any atom is 0.158 e. The van der Waals surface area contributed by atoms with Gasteiger partial charge in [-0.3, -0.25) is 4.79 Å². The fourth-order valence-electron chi connectivity index (χ4n) is 1.27. The molecule has 2 N–H and O–H groups in total. The summed E-state index contributed by atoms with van der Waals surface area (Å²) >= 11 is 5.95. The molecule has 0 radical (unpaired) electrons. The number of hydrogen-bond acceptors (Lipinski definition) is 3. The van der Waals surface area contributed by atoms with Crippen LogP contribution in [0.25, 0.3) is 5.69 Å². The Bertz CT molecular complexity index is 493. The van der Waals surface area contributed by atoms with Crippen LogP contribution in [0.3, 0.4) is 0 Å². The number of nitrogens with two attached hydrogens (primary N) is 1. The molecule has 1 aromatic carbocycles. The van der Waals surface area contributed by atoms with Crippen LogP contribution in [0.15, 0.2) is 30.3 Å². The first-order valence-corrected chi connectivity index (χ1v) is 4.66. The number of para-hydroxylation sites is 1. The molecule has 2 rings (SSSR count). The first-order chi connectivity index (χ1) is 7.24. The summed E-state index contributed by atoms with van der Waals surface area (Å²) < 4.78 is 1.43. The number of halogens is 1. The largest absolute Gasteiger partial charge is 0.382 e. The number of nitrogen functional groups attached to an aromatic ring is 1. The molecule has 4 nitrogen and oxygen atoms in total. The Balaban J connectivity index is 2.60. The summed E-state index contributed by atoms with van der Waals surface area (Å²) in [7, 11) is 0. The van der Waals surface area contributed by atoms with Crippen LogP contribution in [0.5, 0.6) is 0 Å². The van der Waals surface area contributed by atoms with Crippen molar-refractivity contribution in [3.8, 4) is 5.69 Å². The number of nitrogens with zero attached hydrogens (tertiary/aromatic N) is 2. The molecule has 0 aliphatic heterocycles. The Kier molecular flexibility index (Phi) is 2.43. The zero-order chi connectivity index (χ0) is 10.8. The van der Waals surface area contributed by atoms with Gasteiger partial charge in [-0.25, -0.2) is 4.68 Å². The number of carbonyl (C=O) groups excluding carboxylic acids is 1. The molecule has 0 atom stereocenters. The number of rotatable bonds is 2. The van der Waals surface area contributed by atoms with E-state index in [0.717, 1.165) is 5.69 Å². The maximum atomic E-state index is 10.7. The van der Waals surface area contributed by atoms with Crippen molar-refractivity contribution in [1.29, 1.82) is 0 Å². The van der Waals surface area contributed by atoms with Crippen molar-refractivity contribution in [3.63, 3.8) is 0 Å². The van der Waals surface area contributed by atoms with Crippen molar-refractivity contribution in [2.45, 2.75) is 0 Å². The molecule has 2 aromatic rings. The van der Waals surface area contributed by atoms with Gasteiger partial charge in [0.25, 0.3) is 0 Å². The van der Waals surface area contributed by atoms with Crippen molar-refractivity contribution >= 4 is 23.7 Å². The first kappa shape index (κ1) is 9.73. The standard InChI is InChI=1S/C10H8ClN3O/c11-9-8(6-15)10(12)13-14(9)7-4-2-1-3-5-7/h1-6H,(H2,12,13). The Labute approximate surface area is 91.3 Å². The van der Waals surface area contributed by atoms with Gasteiger partial charge in [-0.15, -0.1) is 5.10 Å². The zero-order valence-corrected chi connectivity index (χ0v) is 8.48. The molecule has 0 unspecified atom stereocenters. The lowest BCUT2D eigenvalue weighted by Gasteiger charge is -2.01. The number of aromatic nitrogens is 2. The highest BCUT2D eigenvalue weighted by Crippen LogP contribution is 2.23. The maximum absolute atomic E-state index is 10.7. The Morgan fingerprint density at radius 3 is 2.53 bits per heavy atom. The van der Waals surface area contributed by atoms with Crippen LogP contribution >= 0.6 is 11.6 Å². The predicted octanol–water partition coefficient (Wildman–Crippen LogP) is 1.92. The summed E-state index contributed by atoms with van der Waals surface area (Å²) in [6.07, 6.45) is 0.601. The van der Waals surface area contributed by atoms with E-state index in [1.54, 1.807) is 0 Å². The highest BCUT2D eigenvalue weighted by atomic mass is 35.5. The lowest BCUT2D eigenvalue weighted by Crippen LogP contribution is -1.96. The third kappa shape index (κ3) is 1.59. The quantitative estimate of drug-likeness (QED) is 0.789. The average Bonchev–Trinajstić information content (AvgIpc) is 2.55. The Morgan fingerprint density at radius 1 is 1.33 bits per heavy atom. The van der Waals surface area contributed by atoms with E-state index in [2.05, 4.69) is 5.10 Å². The molecule has 0 saturated carbocycles. The van der Waals surface area contributed by atoms with Crippen LogP contribution in [0.1, 0.15) is 10.4 Å². The summed E-state index contributed by atoms with van der Waals surface area (Å²) in [5.41, 5.74) is 6.53. The third-order valence-electron chi connectivity index (χ3n) is 2.01. The van der Waals surface area contributed by atoms with E-state index in [1.165, 1.54) is 4.68 Å². The topological polar surface area (TPSA) is 60.9 Å². The zero-order valence-electron chi connectivity index (χ0n) is 7.72. The molecule has 5 heteroatoms. The number of anilines is 1. The number of benzene rings is 1. The van der Waals surface area contributed by atoms with Crippen molar-refractivity contribution < 1.29 is 4.79 Å². The molecule has 0 saturated heterocycles. The van der Waals surface area contributed by atoms with Crippen LogP contribution in [0, 0.1) is 0 Å². The van der Waals surface area contributed by atoms with Crippen LogP contribution in [-0.4, -0.2) is 16.1 Å². The highest BCUT2D eigenvalue weighted by Gasteiger charge is 2.13. The minimum atomic E-state index is 0.138. The van der Waals surface area contributed by atoms with Gasteiger partial charge in [0.05, 0.1) is 11.3 Å². The van der Waals surface area contributed by atoms with Crippen molar-refractivity contribution in [2.24, 2.45) is 0 Å². The van der Waals surface area contributed by atoms with E-state index in [-0.39, 0.29) is 16.5 Å². The van der Waals surface area contributed by atoms with Crippen molar-refractivity contribution in [2.75, 3.05) is 5.73 Å². The molecule has 0 bridgehead atoms. The second kappa shape index (κ2) is 3.74. The Hall–Kier alpha value is -1.81. The molecule has 0 amide bonds. The molecule has 1 aromatic heterocycles. The summed E-state index contributed by atoms with van der Waals surface area (Å²) in [4.78, 5) is 10.7. The minimum absolute atomic E-state index is 0.138. The SMILES string of the molecule is Nc1nn(-c2ccccc2)c(Cl)c1C=O. The molecule has 0 aliphatic carbocycles. The number of carbonyl (C=O) groups is 1. The molecule has 15 heavy (non-hydrogen) atoms. The second-order valence-electron chi connectivity index (χ2n) is 2.95. The molecule has 76 valence electrons. The van der Waals surface area contributed by atoms with Gasteiger partial charge in [0.2, 0.25) is 0 Å². The van der Waals surface area contributed by atoms with E-state index in [0.29, 0.717) is 6.29 Å². The second-order valence-corrected chi connectivity index (χ2v) is 3.31. The van der Waals surface area contributed by atoms with Gasteiger partial charge in [0.1, 0.15) is 5.15 Å². The van der Waals surface area contributed by atoms with E-state index in [1.807, 2.05) is 30.3 Å². The molecular weight excluding hydrogens is 214 g/mol. The smallest absolute Gasteiger partial charge is 0.158 e. The van der Waals surface area contributed by atoms with Gasteiger partial charge in [-0.2, -0.15) is 0 Å². The normalized spacial score (nSPS) is 10.2. The molecular formula is C10H8ClN3O. The molecule has 1 heterocycles. The molecule has 0 aliphatic rings. The van der Waals surface area contributed by atoms with Gasteiger partial charge in [0.15, 0.2) is 12.1 Å². The van der Waals surface area contributed by atoms with E-state index >= 15 is 0 Å². The number of aldehydes is 1. The predicted molar refractivity (Wildman–Crippen MR) is 58.4 cm³/mol. The van der Waals surface area contributed by atoms with Crippen LogP contribution in [0.4, 0.5) is 5.82 Å². The monoisotopic (exact) mass is 221 g/mol. The molecule has 0 spiro atoms. The average molecular weight is 222 g/mol. The van der Waals surface area contributed by atoms with E-state index in [4.69, 9.17) is 17.3 Å². The van der Waals surface area contributed by atoms with Gasteiger partial charge in [-0.05, 0) is 12.1 Å². The van der Waals surface area contributed by atoms with Crippen LogP contribution < -0.4 is 5.73 Å². The van der Waals surface area contributed by atoms with E-state index in [9.17, 15) is 4.79 Å². The van der Waals surface area contributed by atoms with Crippen LogP contribution in [0.2, 0.25) is 5.15 Å². The van der Waals surface area contributed by atoms with Gasteiger partial charge < -0.3 is 5.73 Å². The van der Waals surface area contributed by atoms with Crippen molar-refractivity contribution in [3.05, 3.63) is 41.0 Å². The number of hydrogen-bond donors (Lipinski definition) is 1. The van der Waals surface area contributed by atoms with Crippen LogP contribution in [-0.2, 0) is 0 Å². The summed E-state index contributed by atoms with van der Waals surface area (Å²) in [6.45, 7) is 0. The fraction of sp³-hybridized carbons (Fsp3) is 0. The lowest BCUT2D eigenvalue weighted by molar-refractivity contribution is 0.112. The fourth-order valence-corrected chi connectivity index (χ4v) is 1.55. The minimum Gasteiger partial charge on any atom is -0.382 e. The van der Waals surface area contributed by atoms with Crippen molar-refractivity contribution in [1.82, 2.24) is 9.78 Å². The summed E-state index contributed by atoms with van der Waals surface area (Å²) in [6, 6.07) is 9.24. The molecule has 0 fully saturated rings. The highest BCUT2D eigenvalue weighted by molar-refractivity contribution is 6.32. The first-order valence-electron chi connectivity index (χ1n) is 4.28. The summed E-state index contributed by atoms with van der Waals surface area (Å²) in [5.74, 6) is 0.138. The van der Waals surface area contributed by atoms with Gasteiger partial charge in [0, 0.05) is 0 Å². The summed E-state index contributed by atoms with van der Waals surface area (Å²) in [5, 5.41) is 4.21.